The average molecular weight is 1730 g/mol. The first-order valence-corrected chi connectivity index (χ1v) is 43.4. The zero-order chi connectivity index (χ0) is 78.9. The van der Waals surface area contributed by atoms with Gasteiger partial charge in [-0.05, 0) is 167 Å². The van der Waals surface area contributed by atoms with Crippen LogP contribution < -0.4 is 69.1 Å². The monoisotopic (exact) mass is 1730 g/mol. The van der Waals surface area contributed by atoms with Crippen molar-refractivity contribution in [1.29, 1.82) is 0 Å². The van der Waals surface area contributed by atoms with E-state index in [1.54, 1.807) is 24.5 Å². The van der Waals surface area contributed by atoms with Gasteiger partial charge in [-0.1, -0.05) is 410 Å². The number of benzene rings is 16. The van der Waals surface area contributed by atoms with Gasteiger partial charge in [0.1, 0.15) is 11.5 Å². The van der Waals surface area contributed by atoms with Crippen LogP contribution >= 0.6 is 47.6 Å². The molecule has 16 aromatic carbocycles. The van der Waals surface area contributed by atoms with Gasteiger partial charge in [-0.3, -0.25) is 0 Å². The third kappa shape index (κ3) is 25.0. The van der Waals surface area contributed by atoms with Gasteiger partial charge < -0.3 is 29.4 Å². The Hall–Kier alpha value is -11.1. The molecule has 0 aliphatic rings. The molecular weight excluding hydrogens is 1640 g/mol. The first-order valence-electron chi connectivity index (χ1n) is 37.2. The van der Waals surface area contributed by atoms with Crippen LogP contribution in [0.25, 0.3) is 33.2 Å². The van der Waals surface area contributed by atoms with Crippen LogP contribution in [0.3, 0.4) is 0 Å². The van der Waals surface area contributed by atoms with E-state index in [-0.39, 0.29) is 31.9 Å². The Balaban J connectivity index is 0.000000133. The van der Waals surface area contributed by atoms with E-state index < -0.39 is 38.8 Å². The van der Waals surface area contributed by atoms with Crippen LogP contribution in [0.1, 0.15) is 0 Å². The number of phenols is 2. The molecule has 18 aromatic rings. The van der Waals surface area contributed by atoms with Gasteiger partial charge in [-0.2, -0.15) is 0 Å². The number of aromatic nitrogens is 4. The Morgan fingerprint density at radius 3 is 0.713 bits per heavy atom. The van der Waals surface area contributed by atoms with Gasteiger partial charge in [0.15, 0.2) is 0 Å². The number of imidazole rings is 2. The van der Waals surface area contributed by atoms with E-state index in [0.717, 1.165) is 37.7 Å². The number of halogens is 1. The van der Waals surface area contributed by atoms with Crippen LogP contribution in [0.2, 0.25) is 0 Å². The van der Waals surface area contributed by atoms with Gasteiger partial charge in [-0.25, -0.2) is 9.97 Å². The van der Waals surface area contributed by atoms with Crippen molar-refractivity contribution in [2.75, 3.05) is 0 Å². The number of aromatic hydroxyl groups is 2. The van der Waals surface area contributed by atoms with Gasteiger partial charge in [0, 0.05) is 39.0 Å². The van der Waals surface area contributed by atoms with Crippen LogP contribution in [-0.2, 0) is 34.5 Å². The number of phenolic OH excluding ortho intramolecular Hbond substituents is 2. The van der Waals surface area contributed by atoms with E-state index in [0.29, 0.717) is 5.46 Å². The van der Waals surface area contributed by atoms with Crippen LogP contribution in [-0.4, -0.2) is 46.5 Å². The average Bonchev–Trinajstić information content (AvgIpc) is 1.81. The van der Waals surface area contributed by atoms with Gasteiger partial charge >= 0.3 is 7.12 Å². The maximum Gasteiger partial charge on any atom is 0.488 e. The SMILES string of the molecule is Cn1cnc2ccc(-c3cccc(O)c3)cc21.Cn1cnc2ccc(Br)cc21.OB(O)c1cccc(O)c1.[Pd].c1ccc(P(c2ccccc2)c2ccccc2)cc1.c1ccc(P(c2ccccc2)c2ccccc2)cc1.c1ccc(P(c2ccccc2)c2ccccc2)cc1.c1ccc(P(c2ccccc2)c2ccccc2)cc1. The van der Waals surface area contributed by atoms with Crippen molar-refractivity contribution in [3.8, 4) is 22.6 Å². The topological polar surface area (TPSA) is 117 Å². The van der Waals surface area contributed by atoms with Crippen molar-refractivity contribution in [2.45, 2.75) is 0 Å². The molecule has 570 valence electrons. The Labute approximate surface area is 702 Å². The molecule has 0 aliphatic heterocycles. The smallest absolute Gasteiger partial charge is 0.488 e. The summed E-state index contributed by atoms with van der Waals surface area (Å²) in [5.41, 5.74) is 6.64. The number of aryl methyl sites for hydroxylation is 2. The van der Waals surface area contributed by atoms with Crippen molar-refractivity contribution < 1.29 is 40.7 Å². The summed E-state index contributed by atoms with van der Waals surface area (Å²) in [6, 6.07) is 155. The third-order valence-electron chi connectivity index (χ3n) is 17.9. The maximum atomic E-state index is 9.48. The standard InChI is InChI=1S/4C18H15P.C14H12N2O.C8H7BrN2.C6H7BO3.Pd/c4*1-4-10-16(11-5-1)19(17-12-6-2-7-13-17)18-14-8-3-9-15-18;1-16-9-15-13-6-5-11(8-14(13)16)10-3-2-4-12(17)7-10;1-11-5-10-7-3-2-6(9)4-8(7)11;8-6-3-1-2-5(4-6)7(9)10;/h4*1-15H;2-9,17H,1H3;2-5H,1H3;1-4,8-10H;. The predicted octanol–water partition coefficient (Wildman–Crippen LogP) is 18.1. The molecule has 0 fully saturated rings. The Kier molecular flexibility index (Phi) is 33.3. The van der Waals surface area contributed by atoms with Crippen LogP contribution in [0, 0.1) is 0 Å². The molecule has 0 saturated carbocycles. The number of nitrogens with zero attached hydrogens (tertiary/aromatic N) is 4. The second kappa shape index (κ2) is 45.1. The number of hydrogen-bond donors (Lipinski definition) is 4. The molecule has 15 heteroatoms. The molecule has 0 spiro atoms. The van der Waals surface area contributed by atoms with Gasteiger partial charge in [0.25, 0.3) is 0 Å². The molecule has 2 aromatic heterocycles. The first-order chi connectivity index (χ1) is 56.0. The summed E-state index contributed by atoms with van der Waals surface area (Å²) in [5, 5.41) is 52.3. The minimum atomic E-state index is -1.51. The quantitative estimate of drug-likeness (QED) is 0.0637. The molecule has 2 heterocycles. The normalized spacial score (nSPS) is 10.4. The summed E-state index contributed by atoms with van der Waals surface area (Å²) in [5.74, 6) is 0.318. The van der Waals surface area contributed by atoms with E-state index in [9.17, 15) is 5.11 Å². The molecule has 115 heavy (non-hydrogen) atoms. The van der Waals surface area contributed by atoms with E-state index in [1.165, 1.54) is 81.9 Å². The first kappa shape index (κ1) is 84.8. The molecular formula is C100H86BBrN4O4P4Pd. The molecule has 8 nitrogen and oxygen atoms in total. The van der Waals surface area contributed by atoms with Crippen molar-refractivity contribution >= 4 is 146 Å². The molecule has 0 aliphatic carbocycles. The minimum Gasteiger partial charge on any atom is -0.508 e. The molecule has 18 rings (SSSR count). The van der Waals surface area contributed by atoms with Crippen LogP contribution in [0.15, 0.2) is 466 Å². The second-order valence-corrected chi connectivity index (χ2v) is 35.7. The minimum absolute atomic E-state index is 0. The van der Waals surface area contributed by atoms with Crippen molar-refractivity contribution in [3.05, 3.63) is 466 Å². The number of hydrogen-bond acceptors (Lipinski definition) is 6. The van der Waals surface area contributed by atoms with Gasteiger partial charge in [0.05, 0.1) is 34.7 Å². The third-order valence-corrected chi connectivity index (χ3v) is 28.2. The molecule has 0 amide bonds. The number of rotatable bonds is 14. The van der Waals surface area contributed by atoms with Crippen molar-refractivity contribution in [3.63, 3.8) is 0 Å². The Bertz CT molecular complexity index is 4950. The number of fused-ring (bicyclic) bond motifs is 2. The summed E-state index contributed by atoms with van der Waals surface area (Å²) >= 11 is 3.41. The molecule has 0 atom stereocenters. The molecule has 0 unspecified atom stereocenters. The summed E-state index contributed by atoms with van der Waals surface area (Å²) in [4.78, 5) is 8.49. The Morgan fingerprint density at radius 1 is 0.252 bits per heavy atom. The van der Waals surface area contributed by atoms with Gasteiger partial charge in [-0.15, -0.1) is 0 Å². The Morgan fingerprint density at radius 2 is 0.478 bits per heavy atom. The van der Waals surface area contributed by atoms with E-state index >= 15 is 0 Å². The summed E-state index contributed by atoms with van der Waals surface area (Å²) < 4.78 is 5.08. The molecule has 0 radical (unpaired) electrons. The largest absolute Gasteiger partial charge is 0.508 e. The molecule has 0 bridgehead atoms. The van der Waals surface area contributed by atoms with Gasteiger partial charge in [0.2, 0.25) is 0 Å². The zero-order valence-corrected chi connectivity index (χ0v) is 70.2. The molecule has 0 saturated heterocycles. The van der Waals surface area contributed by atoms with E-state index in [2.05, 4.69) is 402 Å². The predicted molar refractivity (Wildman–Crippen MR) is 495 cm³/mol. The maximum absolute atomic E-state index is 9.48. The second-order valence-electron chi connectivity index (χ2n) is 25.9. The fraction of sp³-hybridized carbons (Fsp3) is 0.0200. The fourth-order valence-corrected chi connectivity index (χ4v) is 22.1. The van der Waals surface area contributed by atoms with E-state index in [4.69, 9.17) is 15.2 Å². The van der Waals surface area contributed by atoms with Crippen molar-refractivity contribution in [1.82, 2.24) is 19.1 Å². The van der Waals surface area contributed by atoms with Crippen LogP contribution in [0.4, 0.5) is 0 Å². The summed E-state index contributed by atoms with van der Waals surface area (Å²) in [6.45, 7) is 0. The van der Waals surface area contributed by atoms with Crippen molar-refractivity contribution in [2.24, 2.45) is 14.1 Å². The van der Waals surface area contributed by atoms with Crippen LogP contribution in [0.5, 0.6) is 11.5 Å². The molecule has 4 N–H and O–H groups in total. The zero-order valence-electron chi connectivity index (χ0n) is 63.5. The fourth-order valence-electron chi connectivity index (χ4n) is 12.5. The summed E-state index contributed by atoms with van der Waals surface area (Å²) in [6.07, 6.45) is 3.62. The van der Waals surface area contributed by atoms with E-state index in [1.807, 2.05) is 66.0 Å². The summed E-state index contributed by atoms with van der Waals surface area (Å²) in [7, 11) is 0.670.